The van der Waals surface area contributed by atoms with Gasteiger partial charge in [-0.2, -0.15) is 0 Å². The highest BCUT2D eigenvalue weighted by Crippen LogP contribution is 2.31. The minimum atomic E-state index is -0.596. The molecule has 1 aromatic rings. The normalized spacial score (nSPS) is 28.6. The third-order valence-corrected chi connectivity index (χ3v) is 3.84. The number of hydrogen-bond acceptors (Lipinski definition) is 2. The van der Waals surface area contributed by atoms with Crippen molar-refractivity contribution in [2.45, 2.75) is 51.7 Å². The maximum atomic E-state index is 10.8. The van der Waals surface area contributed by atoms with Gasteiger partial charge in [0.2, 0.25) is 0 Å². The molecule has 100 valence electrons. The first-order valence-electron chi connectivity index (χ1n) is 6.88. The van der Waals surface area contributed by atoms with Crippen molar-refractivity contribution < 1.29 is 9.84 Å². The summed E-state index contributed by atoms with van der Waals surface area (Å²) >= 11 is 0. The molecule has 2 rings (SSSR count). The van der Waals surface area contributed by atoms with Crippen LogP contribution in [0, 0.1) is 12.8 Å². The largest absolute Gasteiger partial charge is 0.389 e. The highest BCUT2D eigenvalue weighted by molar-refractivity contribution is 5.23. The highest BCUT2D eigenvalue weighted by Gasteiger charge is 2.36. The van der Waals surface area contributed by atoms with Crippen molar-refractivity contribution in [1.29, 1.82) is 0 Å². The van der Waals surface area contributed by atoms with Crippen LogP contribution in [0.25, 0.3) is 0 Å². The van der Waals surface area contributed by atoms with Crippen LogP contribution < -0.4 is 0 Å². The maximum absolute atomic E-state index is 10.8. The van der Waals surface area contributed by atoms with E-state index in [1.165, 1.54) is 11.1 Å². The first-order chi connectivity index (χ1) is 8.48. The van der Waals surface area contributed by atoms with E-state index < -0.39 is 5.60 Å². The fourth-order valence-corrected chi connectivity index (χ4v) is 2.73. The van der Waals surface area contributed by atoms with E-state index in [-0.39, 0.29) is 6.10 Å². The summed E-state index contributed by atoms with van der Waals surface area (Å²) in [5, 5.41) is 10.8. The summed E-state index contributed by atoms with van der Waals surface area (Å²) in [5.41, 5.74) is 1.88. The summed E-state index contributed by atoms with van der Waals surface area (Å²) in [4.78, 5) is 0. The van der Waals surface area contributed by atoms with Crippen LogP contribution in [0.3, 0.4) is 0 Å². The number of aliphatic hydroxyl groups is 1. The molecular weight excluding hydrogens is 224 g/mol. The average molecular weight is 248 g/mol. The van der Waals surface area contributed by atoms with Crippen LogP contribution in [0.15, 0.2) is 24.3 Å². The Kier molecular flexibility index (Phi) is 4.08. The van der Waals surface area contributed by atoms with Crippen molar-refractivity contribution in [2.75, 3.05) is 6.61 Å². The molecule has 2 heteroatoms. The third-order valence-electron chi connectivity index (χ3n) is 3.84. The molecule has 1 aliphatic heterocycles. The van der Waals surface area contributed by atoms with Crippen LogP contribution in [0.1, 0.15) is 37.8 Å². The summed E-state index contributed by atoms with van der Waals surface area (Å²) in [7, 11) is 0. The van der Waals surface area contributed by atoms with E-state index >= 15 is 0 Å². The van der Waals surface area contributed by atoms with Gasteiger partial charge >= 0.3 is 0 Å². The smallest absolute Gasteiger partial charge is 0.0734 e. The van der Waals surface area contributed by atoms with Gasteiger partial charge in [-0.25, -0.2) is 0 Å². The lowest BCUT2D eigenvalue weighted by molar-refractivity contribution is -0.116. The van der Waals surface area contributed by atoms with Crippen molar-refractivity contribution >= 4 is 0 Å². The van der Waals surface area contributed by atoms with Crippen molar-refractivity contribution in [1.82, 2.24) is 0 Å². The molecule has 1 heterocycles. The SMILES string of the molecule is Cc1cccc(CC2(O)CCOC(C(C)C)C2)c1. The number of rotatable bonds is 3. The van der Waals surface area contributed by atoms with E-state index in [0.29, 0.717) is 12.5 Å². The zero-order valence-corrected chi connectivity index (χ0v) is 11.6. The highest BCUT2D eigenvalue weighted by atomic mass is 16.5. The average Bonchev–Trinajstić information content (AvgIpc) is 2.28. The van der Waals surface area contributed by atoms with E-state index in [1.54, 1.807) is 0 Å². The van der Waals surface area contributed by atoms with Gasteiger partial charge in [0.25, 0.3) is 0 Å². The van der Waals surface area contributed by atoms with Crippen LogP contribution in [0.5, 0.6) is 0 Å². The van der Waals surface area contributed by atoms with Crippen LogP contribution in [-0.2, 0) is 11.2 Å². The molecule has 2 nitrogen and oxygen atoms in total. The molecule has 1 aliphatic rings. The van der Waals surface area contributed by atoms with E-state index in [4.69, 9.17) is 4.74 Å². The molecule has 0 bridgehead atoms. The zero-order chi connectivity index (χ0) is 13.2. The molecule has 0 amide bonds. The molecule has 0 aromatic heterocycles. The molecule has 2 atom stereocenters. The molecule has 2 unspecified atom stereocenters. The Balaban J connectivity index is 2.07. The second kappa shape index (κ2) is 5.41. The Morgan fingerprint density at radius 3 is 2.89 bits per heavy atom. The molecule has 1 saturated heterocycles. The van der Waals surface area contributed by atoms with E-state index in [1.807, 2.05) is 0 Å². The van der Waals surface area contributed by atoms with Gasteiger partial charge in [0.15, 0.2) is 0 Å². The molecule has 0 radical (unpaired) electrons. The van der Waals surface area contributed by atoms with Crippen LogP contribution in [0.4, 0.5) is 0 Å². The Morgan fingerprint density at radius 2 is 2.22 bits per heavy atom. The van der Waals surface area contributed by atoms with E-state index in [0.717, 1.165) is 19.3 Å². The fraction of sp³-hybridized carbons (Fsp3) is 0.625. The van der Waals surface area contributed by atoms with Crippen molar-refractivity contribution in [3.8, 4) is 0 Å². The summed E-state index contributed by atoms with van der Waals surface area (Å²) in [6, 6.07) is 8.42. The molecule has 0 aliphatic carbocycles. The van der Waals surface area contributed by atoms with Gasteiger partial charge in [-0.05, 0) is 24.8 Å². The Bertz CT molecular complexity index is 400. The lowest BCUT2D eigenvalue weighted by Gasteiger charge is -2.38. The summed E-state index contributed by atoms with van der Waals surface area (Å²) in [5.74, 6) is 0.467. The number of benzene rings is 1. The third kappa shape index (κ3) is 3.33. The molecule has 1 fully saturated rings. The Morgan fingerprint density at radius 1 is 1.44 bits per heavy atom. The Labute approximate surface area is 110 Å². The van der Waals surface area contributed by atoms with Gasteiger partial charge in [-0.3, -0.25) is 0 Å². The van der Waals surface area contributed by atoms with Gasteiger partial charge in [-0.1, -0.05) is 43.7 Å². The molecule has 1 N–H and O–H groups in total. The van der Waals surface area contributed by atoms with E-state index in [2.05, 4.69) is 45.0 Å². The van der Waals surface area contributed by atoms with Gasteiger partial charge in [0.1, 0.15) is 0 Å². The molecular formula is C16H24O2. The number of aryl methyl sites for hydroxylation is 1. The van der Waals surface area contributed by atoms with Gasteiger partial charge in [-0.15, -0.1) is 0 Å². The summed E-state index contributed by atoms with van der Waals surface area (Å²) in [6.45, 7) is 7.08. The number of ether oxygens (including phenoxy) is 1. The second-order valence-electron chi connectivity index (χ2n) is 6.00. The summed E-state index contributed by atoms with van der Waals surface area (Å²) in [6.07, 6.45) is 2.41. The topological polar surface area (TPSA) is 29.5 Å². The molecule has 18 heavy (non-hydrogen) atoms. The fourth-order valence-electron chi connectivity index (χ4n) is 2.73. The molecule has 0 saturated carbocycles. The first kappa shape index (κ1) is 13.6. The van der Waals surface area contributed by atoms with Crippen LogP contribution in [-0.4, -0.2) is 23.4 Å². The zero-order valence-electron chi connectivity index (χ0n) is 11.6. The van der Waals surface area contributed by atoms with E-state index in [9.17, 15) is 5.11 Å². The standard InChI is InChI=1S/C16H24O2/c1-12(2)15-11-16(17,7-8-18-15)10-14-6-4-5-13(3)9-14/h4-6,9,12,15,17H,7-8,10-11H2,1-3H3. The number of hydrogen-bond donors (Lipinski definition) is 1. The van der Waals surface area contributed by atoms with Crippen molar-refractivity contribution in [3.05, 3.63) is 35.4 Å². The van der Waals surface area contributed by atoms with Crippen LogP contribution in [0.2, 0.25) is 0 Å². The monoisotopic (exact) mass is 248 g/mol. The van der Waals surface area contributed by atoms with Gasteiger partial charge in [0, 0.05) is 19.4 Å². The second-order valence-corrected chi connectivity index (χ2v) is 6.00. The van der Waals surface area contributed by atoms with Gasteiger partial charge in [0.05, 0.1) is 11.7 Å². The quantitative estimate of drug-likeness (QED) is 0.890. The van der Waals surface area contributed by atoms with Gasteiger partial charge < -0.3 is 9.84 Å². The van der Waals surface area contributed by atoms with Crippen molar-refractivity contribution in [2.24, 2.45) is 5.92 Å². The predicted octanol–water partition coefficient (Wildman–Crippen LogP) is 3.10. The Hall–Kier alpha value is -0.860. The maximum Gasteiger partial charge on any atom is 0.0734 e. The molecule has 1 aromatic carbocycles. The van der Waals surface area contributed by atoms with Crippen molar-refractivity contribution in [3.63, 3.8) is 0 Å². The first-order valence-corrected chi connectivity index (χ1v) is 6.88. The minimum absolute atomic E-state index is 0.188. The lowest BCUT2D eigenvalue weighted by Crippen LogP contribution is -2.44. The van der Waals surface area contributed by atoms with Crippen LogP contribution >= 0.6 is 0 Å². The minimum Gasteiger partial charge on any atom is -0.389 e. The summed E-state index contributed by atoms with van der Waals surface area (Å²) < 4.78 is 5.74. The predicted molar refractivity (Wildman–Crippen MR) is 73.6 cm³/mol. The lowest BCUT2D eigenvalue weighted by atomic mass is 9.82. The molecule has 0 spiro atoms.